The quantitative estimate of drug-likeness (QED) is 0.405. The highest BCUT2D eigenvalue weighted by molar-refractivity contribution is 6.29. The minimum atomic E-state index is 0.642. The minimum Gasteiger partial charge on any atom is -0.296 e. The van der Waals surface area contributed by atoms with Crippen LogP contribution in [0, 0.1) is 0 Å². The van der Waals surface area contributed by atoms with Crippen molar-refractivity contribution < 1.29 is 0 Å². The first-order valence-electron chi connectivity index (χ1n) is 1.36. The van der Waals surface area contributed by atoms with Crippen molar-refractivity contribution in [2.75, 3.05) is 0 Å². The summed E-state index contributed by atoms with van der Waals surface area (Å²) >= 11 is 0. The zero-order chi connectivity index (χ0) is 3.54. The normalized spacial score (nSPS) is 16.0. The van der Waals surface area contributed by atoms with Crippen LogP contribution >= 0.6 is 0 Å². The number of nitrogens with one attached hydrogen (secondary N) is 1. The molecule has 5 heavy (non-hydrogen) atoms. The van der Waals surface area contributed by atoms with Crippen LogP contribution in [0.4, 0.5) is 0 Å². The Hall–Kier alpha value is -0.443. The van der Waals surface area contributed by atoms with Gasteiger partial charge < -0.3 is 0 Å². The predicted molar refractivity (Wildman–Crippen MR) is 20.5 cm³/mol. The molecule has 1 radical (unpaired) electrons. The Bertz CT molecular complexity index is 65.7. The van der Waals surface area contributed by atoms with Crippen molar-refractivity contribution in [3.8, 4) is 0 Å². The third-order valence-electron chi connectivity index (χ3n) is 0.362. The molecule has 0 spiro atoms. The zero-order valence-electron chi connectivity index (χ0n) is 2.60. The van der Waals surface area contributed by atoms with E-state index in [0.717, 1.165) is 0 Å². The van der Waals surface area contributed by atoms with E-state index in [1.165, 1.54) is 0 Å². The van der Waals surface area contributed by atoms with Crippen molar-refractivity contribution in [2.24, 2.45) is 4.74 Å². The van der Waals surface area contributed by atoms with Crippen LogP contribution in [0.15, 0.2) is 16.6 Å². The van der Waals surface area contributed by atoms with Gasteiger partial charge in [0.1, 0.15) is 0 Å². The first kappa shape index (κ1) is 2.78. The molecule has 0 bridgehead atoms. The van der Waals surface area contributed by atoms with Gasteiger partial charge in [-0.15, -0.1) is 0 Å². The summed E-state index contributed by atoms with van der Waals surface area (Å²) in [6, 6.07) is 0. The average molecular weight is 83.1 g/mol. The van der Waals surface area contributed by atoms with Gasteiger partial charge in [0.2, 0.25) is 9.31 Å². The molecule has 0 aliphatic carbocycles. The van der Waals surface area contributed by atoms with E-state index in [2.05, 4.69) is 10.2 Å². The number of rotatable bonds is 0. The molecule has 1 heterocycles. The minimum absolute atomic E-state index is 0.642. The topological polar surface area (TPSA) is 24.4 Å². The van der Waals surface area contributed by atoms with Crippen LogP contribution in [0.2, 0.25) is 0 Å². The van der Waals surface area contributed by atoms with Crippen molar-refractivity contribution >= 4 is 9.31 Å². The lowest BCUT2D eigenvalue weighted by Gasteiger charge is -1.71. The fourth-order valence-corrected chi connectivity index (χ4v) is 0.559. The molecule has 1 rings (SSSR count). The van der Waals surface area contributed by atoms with Crippen LogP contribution in [0.25, 0.3) is 0 Å². The molecule has 0 atom stereocenters. The summed E-state index contributed by atoms with van der Waals surface area (Å²) in [6.45, 7) is 0. The number of nitrogens with zero attached hydrogens (tertiary/aromatic N) is 1. The molecular weight excluding hydrogens is 80.1 g/mol. The van der Waals surface area contributed by atoms with Gasteiger partial charge >= 0.3 is 0 Å². The zero-order valence-corrected chi connectivity index (χ0v) is 3.60. The first-order valence-corrected chi connectivity index (χ1v) is 2.38. The fraction of sp³-hybridized carbons (Fsp3) is 0. The van der Waals surface area contributed by atoms with Crippen LogP contribution in [0.5, 0.6) is 0 Å². The second-order valence-corrected chi connectivity index (χ2v) is 1.52. The molecule has 0 aromatic heterocycles. The summed E-state index contributed by atoms with van der Waals surface area (Å²) in [5.74, 6) is 0. The summed E-state index contributed by atoms with van der Waals surface area (Å²) < 4.78 is 3.75. The van der Waals surface area contributed by atoms with Gasteiger partial charge in [-0.25, -0.2) is 4.74 Å². The summed E-state index contributed by atoms with van der Waals surface area (Å²) in [5.41, 5.74) is 4.67. The van der Waals surface area contributed by atoms with Crippen LogP contribution < -0.4 is 5.43 Å². The second kappa shape index (κ2) is 1.12. The third kappa shape index (κ3) is 0.415. The molecule has 0 saturated carbocycles. The number of hydrogen-bond donors (Lipinski definition) is 1. The van der Waals surface area contributed by atoms with Crippen LogP contribution in [0.3, 0.4) is 0 Å². The van der Waals surface area contributed by atoms with Crippen molar-refractivity contribution in [1.29, 1.82) is 0 Å². The van der Waals surface area contributed by atoms with Crippen molar-refractivity contribution in [2.45, 2.75) is 0 Å². The summed E-state index contributed by atoms with van der Waals surface area (Å²) in [4.78, 5) is 0. The lowest BCUT2D eigenvalue weighted by molar-refractivity contribution is 1.00. The smallest absolute Gasteiger partial charge is 0.217 e. The Morgan fingerprint density at radius 3 is 3.00 bits per heavy atom. The fourth-order valence-electron chi connectivity index (χ4n) is 0.186. The highest BCUT2D eigenvalue weighted by Crippen LogP contribution is 1.67. The van der Waals surface area contributed by atoms with Gasteiger partial charge in [-0.3, -0.25) is 5.43 Å². The summed E-state index contributed by atoms with van der Waals surface area (Å²) in [5, 5.41) is 0. The molecule has 0 fully saturated rings. The lowest BCUT2D eigenvalue weighted by Crippen LogP contribution is -1.82. The Morgan fingerprint density at radius 1 is 1.80 bits per heavy atom. The van der Waals surface area contributed by atoms with Gasteiger partial charge in [0.05, 0.1) is 0 Å². The molecule has 25 valence electrons. The monoisotopic (exact) mass is 83.0 g/mol. The molecule has 0 aromatic rings. The summed E-state index contributed by atoms with van der Waals surface area (Å²) in [6.07, 6.45) is 1.83. The van der Waals surface area contributed by atoms with Gasteiger partial charge in [-0.1, -0.05) is 0 Å². The average Bonchev–Trinajstić information content (AvgIpc) is 1.76. The molecule has 0 unspecified atom stereocenters. The van der Waals surface area contributed by atoms with E-state index in [4.69, 9.17) is 0 Å². The SMILES string of the molecule is C1=C[Si]=NN1. The Morgan fingerprint density at radius 2 is 2.80 bits per heavy atom. The Balaban J connectivity index is 2.61. The highest BCUT2D eigenvalue weighted by atomic mass is 28.2. The molecule has 0 amide bonds. The standard InChI is InChI=1S/C2H3N2Si/c1-2-5-4-3-1/h1-3H. The van der Waals surface area contributed by atoms with Gasteiger partial charge in [0, 0.05) is 6.20 Å². The molecular formula is C2H3N2Si. The van der Waals surface area contributed by atoms with Crippen LogP contribution in [0.1, 0.15) is 0 Å². The molecule has 0 aromatic carbocycles. The maximum atomic E-state index is 3.75. The van der Waals surface area contributed by atoms with E-state index in [0.29, 0.717) is 9.31 Å². The molecule has 1 N–H and O–H groups in total. The predicted octanol–water partition coefficient (Wildman–Crippen LogP) is -0.136. The van der Waals surface area contributed by atoms with Crippen LogP contribution in [-0.2, 0) is 0 Å². The molecule has 1 aliphatic rings. The largest absolute Gasteiger partial charge is 0.296 e. The van der Waals surface area contributed by atoms with E-state index in [-0.39, 0.29) is 0 Å². The molecule has 0 saturated heterocycles. The van der Waals surface area contributed by atoms with Gasteiger partial charge in [0.15, 0.2) is 0 Å². The van der Waals surface area contributed by atoms with E-state index < -0.39 is 0 Å². The van der Waals surface area contributed by atoms with Gasteiger partial charge in [-0.05, 0) is 5.70 Å². The van der Waals surface area contributed by atoms with Crippen molar-refractivity contribution in [3.63, 3.8) is 0 Å². The maximum absolute atomic E-state index is 3.75. The van der Waals surface area contributed by atoms with Gasteiger partial charge in [-0.2, -0.15) is 0 Å². The van der Waals surface area contributed by atoms with Crippen molar-refractivity contribution in [3.05, 3.63) is 11.9 Å². The van der Waals surface area contributed by atoms with E-state index in [1.807, 2.05) is 11.9 Å². The van der Waals surface area contributed by atoms with E-state index >= 15 is 0 Å². The van der Waals surface area contributed by atoms with Crippen LogP contribution in [-0.4, -0.2) is 9.31 Å². The summed E-state index contributed by atoms with van der Waals surface area (Å²) in [7, 11) is 0.642. The Kier molecular flexibility index (Phi) is 0.622. The van der Waals surface area contributed by atoms with Crippen molar-refractivity contribution in [1.82, 2.24) is 5.43 Å². The van der Waals surface area contributed by atoms with E-state index in [9.17, 15) is 0 Å². The molecule has 1 aliphatic heterocycles. The maximum Gasteiger partial charge on any atom is 0.217 e. The molecule has 3 heteroatoms. The lowest BCUT2D eigenvalue weighted by atomic mass is 11.1. The second-order valence-electron chi connectivity index (χ2n) is 0.703. The number of hydrogen-bond acceptors (Lipinski definition) is 2. The third-order valence-corrected chi connectivity index (χ3v) is 0.935. The van der Waals surface area contributed by atoms with Gasteiger partial charge in [0.25, 0.3) is 0 Å². The Labute approximate surface area is 32.4 Å². The molecule has 2 nitrogen and oxygen atoms in total. The highest BCUT2D eigenvalue weighted by Gasteiger charge is 1.71. The van der Waals surface area contributed by atoms with E-state index in [1.54, 1.807) is 0 Å². The first-order chi connectivity index (χ1) is 2.50.